The molecule has 2 aromatic rings. The lowest BCUT2D eigenvalue weighted by molar-refractivity contribution is -0.137. The van der Waals surface area contributed by atoms with Crippen LogP contribution >= 0.6 is 0 Å². The Morgan fingerprint density at radius 2 is 1.42 bits per heavy atom. The molecule has 2 aliphatic heterocycles. The molecule has 0 bridgehead atoms. The average Bonchev–Trinajstić information content (AvgIpc) is 2.84. The number of hydrogen-bond acceptors (Lipinski definition) is 4. The van der Waals surface area contributed by atoms with E-state index < -0.39 is 0 Å². The molecule has 31 heavy (non-hydrogen) atoms. The van der Waals surface area contributed by atoms with Crippen molar-refractivity contribution in [3.8, 4) is 5.75 Å². The summed E-state index contributed by atoms with van der Waals surface area (Å²) in [6.45, 7) is 6.47. The molecule has 0 unspecified atom stereocenters. The van der Waals surface area contributed by atoms with Crippen LogP contribution in [0.5, 0.6) is 5.75 Å². The third-order valence-corrected chi connectivity index (χ3v) is 6.46. The summed E-state index contributed by atoms with van der Waals surface area (Å²) in [6.07, 6.45) is 1.49. The number of amides is 2. The van der Waals surface area contributed by atoms with Gasteiger partial charge >= 0.3 is 0 Å². The second kappa shape index (κ2) is 9.41. The first-order valence-corrected chi connectivity index (χ1v) is 11.1. The maximum absolute atomic E-state index is 13.1. The molecule has 2 fully saturated rings. The predicted octanol–water partition coefficient (Wildman–Crippen LogP) is 3.20. The van der Waals surface area contributed by atoms with Crippen molar-refractivity contribution in [1.29, 1.82) is 0 Å². The van der Waals surface area contributed by atoms with Crippen molar-refractivity contribution in [2.75, 3.05) is 51.3 Å². The molecule has 2 aromatic carbocycles. The predicted molar refractivity (Wildman–Crippen MR) is 122 cm³/mol. The standard InChI is InChI=1S/C25H31N3O3/c1-19-3-5-20(6-4-19)24(29)27-13-11-21(12-14-27)25(30)28-17-15-26(16-18-28)22-7-9-23(31-2)10-8-22/h3-10,21H,11-18H2,1-2H3. The largest absolute Gasteiger partial charge is 0.497 e. The highest BCUT2D eigenvalue weighted by molar-refractivity contribution is 5.94. The Hall–Kier alpha value is -3.02. The first kappa shape index (κ1) is 21.2. The third kappa shape index (κ3) is 4.84. The molecule has 0 spiro atoms. The number of hydrogen-bond donors (Lipinski definition) is 0. The second-order valence-electron chi connectivity index (χ2n) is 8.44. The van der Waals surface area contributed by atoms with Gasteiger partial charge in [-0.1, -0.05) is 17.7 Å². The van der Waals surface area contributed by atoms with Crippen LogP contribution in [0.1, 0.15) is 28.8 Å². The lowest BCUT2D eigenvalue weighted by Gasteiger charge is -2.39. The summed E-state index contributed by atoms with van der Waals surface area (Å²) in [4.78, 5) is 32.0. The number of piperazine rings is 1. The molecule has 6 heteroatoms. The van der Waals surface area contributed by atoms with E-state index in [-0.39, 0.29) is 17.7 Å². The van der Waals surface area contributed by atoms with E-state index in [0.29, 0.717) is 13.1 Å². The molecule has 0 saturated carbocycles. The van der Waals surface area contributed by atoms with E-state index in [2.05, 4.69) is 17.0 Å². The van der Waals surface area contributed by atoms with Gasteiger partial charge in [-0.15, -0.1) is 0 Å². The molecular weight excluding hydrogens is 390 g/mol. The molecule has 0 aliphatic carbocycles. The van der Waals surface area contributed by atoms with Gasteiger partial charge in [0.2, 0.25) is 5.91 Å². The lowest BCUT2D eigenvalue weighted by Crippen LogP contribution is -2.52. The highest BCUT2D eigenvalue weighted by atomic mass is 16.5. The number of rotatable bonds is 4. The number of aryl methyl sites for hydroxylation is 1. The van der Waals surface area contributed by atoms with Gasteiger partial charge in [0.15, 0.2) is 0 Å². The molecular formula is C25H31N3O3. The second-order valence-corrected chi connectivity index (χ2v) is 8.44. The quantitative estimate of drug-likeness (QED) is 0.761. The number of nitrogens with zero attached hydrogens (tertiary/aromatic N) is 3. The van der Waals surface area contributed by atoms with Gasteiger partial charge in [0, 0.05) is 56.4 Å². The summed E-state index contributed by atoms with van der Waals surface area (Å²) < 4.78 is 5.23. The summed E-state index contributed by atoms with van der Waals surface area (Å²) in [5.74, 6) is 1.19. The van der Waals surface area contributed by atoms with Gasteiger partial charge in [0.25, 0.3) is 5.91 Å². The third-order valence-electron chi connectivity index (χ3n) is 6.46. The van der Waals surface area contributed by atoms with Gasteiger partial charge in [-0.2, -0.15) is 0 Å². The van der Waals surface area contributed by atoms with Crippen LogP contribution in [0.4, 0.5) is 5.69 Å². The fraction of sp³-hybridized carbons (Fsp3) is 0.440. The monoisotopic (exact) mass is 421 g/mol. The topological polar surface area (TPSA) is 53.1 Å². The van der Waals surface area contributed by atoms with Crippen LogP contribution in [0.3, 0.4) is 0 Å². The number of carbonyl (C=O) groups excluding carboxylic acids is 2. The SMILES string of the molecule is COc1ccc(N2CCN(C(=O)C3CCN(C(=O)c4ccc(C)cc4)CC3)CC2)cc1. The number of piperidine rings is 1. The van der Waals surface area contributed by atoms with E-state index in [4.69, 9.17) is 4.74 Å². The first-order valence-electron chi connectivity index (χ1n) is 11.1. The average molecular weight is 422 g/mol. The summed E-state index contributed by atoms with van der Waals surface area (Å²) in [6, 6.07) is 15.8. The van der Waals surface area contributed by atoms with Crippen molar-refractivity contribution in [2.45, 2.75) is 19.8 Å². The zero-order valence-electron chi connectivity index (χ0n) is 18.4. The molecule has 2 aliphatic rings. The van der Waals surface area contributed by atoms with Crippen LogP contribution < -0.4 is 9.64 Å². The number of benzene rings is 2. The Balaban J connectivity index is 1.26. The fourth-order valence-electron chi connectivity index (χ4n) is 4.44. The smallest absolute Gasteiger partial charge is 0.253 e. The molecule has 6 nitrogen and oxygen atoms in total. The van der Waals surface area contributed by atoms with Gasteiger partial charge < -0.3 is 19.4 Å². The van der Waals surface area contributed by atoms with E-state index in [1.54, 1.807) is 7.11 Å². The van der Waals surface area contributed by atoms with Crippen LogP contribution in [0.2, 0.25) is 0 Å². The number of carbonyl (C=O) groups is 2. The molecule has 0 atom stereocenters. The van der Waals surface area contributed by atoms with Crippen LogP contribution in [0.15, 0.2) is 48.5 Å². The van der Waals surface area contributed by atoms with Crippen LogP contribution in [-0.2, 0) is 4.79 Å². The normalized spacial score (nSPS) is 17.5. The lowest BCUT2D eigenvalue weighted by atomic mass is 9.94. The van der Waals surface area contributed by atoms with Crippen molar-refractivity contribution < 1.29 is 14.3 Å². The van der Waals surface area contributed by atoms with Gasteiger partial charge in [-0.3, -0.25) is 9.59 Å². The van der Waals surface area contributed by atoms with E-state index in [1.807, 2.05) is 53.1 Å². The molecule has 4 rings (SSSR count). The van der Waals surface area contributed by atoms with E-state index in [9.17, 15) is 9.59 Å². The Labute approximate surface area is 184 Å². The van der Waals surface area contributed by atoms with Crippen LogP contribution in [0.25, 0.3) is 0 Å². The minimum atomic E-state index is 0.0228. The minimum absolute atomic E-state index is 0.0228. The van der Waals surface area contributed by atoms with Crippen molar-refractivity contribution in [1.82, 2.24) is 9.80 Å². The first-order chi connectivity index (χ1) is 15.0. The van der Waals surface area contributed by atoms with Crippen molar-refractivity contribution in [3.05, 3.63) is 59.7 Å². The van der Waals surface area contributed by atoms with Crippen molar-refractivity contribution >= 4 is 17.5 Å². The molecule has 2 heterocycles. The zero-order valence-corrected chi connectivity index (χ0v) is 18.4. The Kier molecular flexibility index (Phi) is 6.44. The Bertz CT molecular complexity index is 895. The van der Waals surface area contributed by atoms with E-state index >= 15 is 0 Å². The maximum Gasteiger partial charge on any atom is 0.253 e. The molecule has 0 N–H and O–H groups in total. The number of ether oxygens (including phenoxy) is 1. The summed E-state index contributed by atoms with van der Waals surface area (Å²) >= 11 is 0. The summed E-state index contributed by atoms with van der Waals surface area (Å²) in [5, 5.41) is 0. The number of anilines is 1. The molecule has 0 radical (unpaired) electrons. The molecule has 164 valence electrons. The number of likely N-dealkylation sites (tertiary alicyclic amines) is 1. The Morgan fingerprint density at radius 3 is 2.00 bits per heavy atom. The van der Waals surface area contributed by atoms with Crippen LogP contribution in [0, 0.1) is 12.8 Å². The van der Waals surface area contributed by atoms with Gasteiger partial charge in [-0.05, 0) is 56.2 Å². The molecule has 2 saturated heterocycles. The van der Waals surface area contributed by atoms with Crippen molar-refractivity contribution in [2.24, 2.45) is 5.92 Å². The van der Waals surface area contributed by atoms with E-state index in [0.717, 1.165) is 61.6 Å². The van der Waals surface area contributed by atoms with E-state index in [1.165, 1.54) is 0 Å². The highest BCUT2D eigenvalue weighted by Gasteiger charge is 2.32. The fourth-order valence-corrected chi connectivity index (χ4v) is 4.44. The van der Waals surface area contributed by atoms with Gasteiger partial charge in [-0.25, -0.2) is 0 Å². The molecule has 0 aromatic heterocycles. The highest BCUT2D eigenvalue weighted by Crippen LogP contribution is 2.24. The van der Waals surface area contributed by atoms with Crippen LogP contribution in [-0.4, -0.2) is 68.0 Å². The van der Waals surface area contributed by atoms with Gasteiger partial charge in [0.05, 0.1) is 7.11 Å². The maximum atomic E-state index is 13.1. The minimum Gasteiger partial charge on any atom is -0.497 e. The zero-order chi connectivity index (χ0) is 21.8. The van der Waals surface area contributed by atoms with Crippen molar-refractivity contribution in [3.63, 3.8) is 0 Å². The Morgan fingerprint density at radius 1 is 0.806 bits per heavy atom. The van der Waals surface area contributed by atoms with Gasteiger partial charge in [0.1, 0.15) is 5.75 Å². The summed E-state index contributed by atoms with van der Waals surface area (Å²) in [5.41, 5.74) is 3.04. The molecule has 2 amide bonds. The summed E-state index contributed by atoms with van der Waals surface area (Å²) in [7, 11) is 1.67. The number of methoxy groups -OCH3 is 1.